The van der Waals surface area contributed by atoms with Gasteiger partial charge in [-0.25, -0.2) is 9.18 Å². The van der Waals surface area contributed by atoms with Crippen LogP contribution in [0.25, 0.3) is 0 Å². The van der Waals surface area contributed by atoms with Crippen LogP contribution in [-0.4, -0.2) is 16.1 Å². The maximum Gasteiger partial charge on any atom is 0.337 e. The molecule has 1 N–H and O–H groups in total. The van der Waals surface area contributed by atoms with E-state index in [-0.39, 0.29) is 17.2 Å². The lowest BCUT2D eigenvalue weighted by Crippen LogP contribution is -2.00. The minimum absolute atomic E-state index is 0.0125. The Bertz CT molecular complexity index is 619. The van der Waals surface area contributed by atoms with E-state index < -0.39 is 11.8 Å². The molecule has 0 unspecified atom stereocenters. The number of rotatable bonds is 4. The van der Waals surface area contributed by atoms with Crippen LogP contribution in [-0.2, 0) is 6.61 Å². The van der Waals surface area contributed by atoms with E-state index >= 15 is 0 Å². The van der Waals surface area contributed by atoms with Crippen molar-refractivity contribution in [3.63, 3.8) is 0 Å². The topological polar surface area (TPSA) is 59.4 Å². The largest absolute Gasteiger partial charge is 0.487 e. The summed E-state index contributed by atoms with van der Waals surface area (Å²) in [5.74, 6) is -1.26. The molecular formula is C13H9ClFNO3. The van der Waals surface area contributed by atoms with E-state index in [2.05, 4.69) is 4.98 Å². The first-order valence-electron chi connectivity index (χ1n) is 5.31. The van der Waals surface area contributed by atoms with Gasteiger partial charge in [0, 0.05) is 6.20 Å². The molecule has 19 heavy (non-hydrogen) atoms. The zero-order chi connectivity index (χ0) is 13.8. The highest BCUT2D eigenvalue weighted by atomic mass is 35.5. The van der Waals surface area contributed by atoms with E-state index in [9.17, 15) is 9.18 Å². The number of hydrogen-bond acceptors (Lipinski definition) is 3. The molecule has 0 atom stereocenters. The Labute approximate surface area is 113 Å². The lowest BCUT2D eigenvalue weighted by molar-refractivity contribution is 0.0696. The van der Waals surface area contributed by atoms with Crippen LogP contribution in [0.1, 0.15) is 15.9 Å². The molecular weight excluding hydrogens is 273 g/mol. The fourth-order valence-electron chi connectivity index (χ4n) is 1.41. The zero-order valence-corrected chi connectivity index (χ0v) is 10.4. The first kappa shape index (κ1) is 13.3. The molecule has 98 valence electrons. The fourth-order valence-corrected chi connectivity index (χ4v) is 1.61. The zero-order valence-electron chi connectivity index (χ0n) is 9.64. The Balaban J connectivity index is 2.07. The van der Waals surface area contributed by atoms with Crippen LogP contribution >= 0.6 is 11.6 Å². The van der Waals surface area contributed by atoms with Crippen LogP contribution in [0.2, 0.25) is 5.02 Å². The van der Waals surface area contributed by atoms with E-state index in [1.807, 2.05) is 0 Å². The molecule has 0 amide bonds. The predicted octanol–water partition coefficient (Wildman–Crippen LogP) is 3.15. The van der Waals surface area contributed by atoms with Gasteiger partial charge in [-0.2, -0.15) is 0 Å². The normalized spacial score (nSPS) is 10.2. The van der Waals surface area contributed by atoms with Crippen molar-refractivity contribution in [2.75, 3.05) is 0 Å². The van der Waals surface area contributed by atoms with Gasteiger partial charge in [0.25, 0.3) is 0 Å². The highest BCUT2D eigenvalue weighted by molar-refractivity contribution is 6.30. The van der Waals surface area contributed by atoms with E-state index in [4.69, 9.17) is 21.4 Å². The molecule has 6 heteroatoms. The molecule has 2 rings (SSSR count). The maximum atomic E-state index is 13.0. The van der Waals surface area contributed by atoms with E-state index in [0.717, 1.165) is 0 Å². The van der Waals surface area contributed by atoms with Crippen LogP contribution in [0.15, 0.2) is 36.7 Å². The van der Waals surface area contributed by atoms with Crippen molar-refractivity contribution in [3.05, 3.63) is 58.6 Å². The first-order valence-corrected chi connectivity index (χ1v) is 5.69. The van der Waals surface area contributed by atoms with Gasteiger partial charge in [-0.3, -0.25) is 4.98 Å². The predicted molar refractivity (Wildman–Crippen MR) is 66.9 cm³/mol. The number of pyridine rings is 1. The summed E-state index contributed by atoms with van der Waals surface area (Å²) < 4.78 is 18.3. The first-order chi connectivity index (χ1) is 9.06. The highest BCUT2D eigenvalue weighted by Gasteiger charge is 2.06. The van der Waals surface area contributed by atoms with Crippen molar-refractivity contribution in [2.24, 2.45) is 0 Å². The van der Waals surface area contributed by atoms with Gasteiger partial charge < -0.3 is 9.84 Å². The SMILES string of the molecule is O=C(O)c1cncc(OCc2ccc(F)c(Cl)c2)c1. The molecule has 0 fully saturated rings. The van der Waals surface area contributed by atoms with E-state index in [1.54, 1.807) is 0 Å². The average molecular weight is 282 g/mol. The summed E-state index contributed by atoms with van der Waals surface area (Å²) in [5, 5.41) is 8.82. The van der Waals surface area contributed by atoms with Crippen LogP contribution in [0.4, 0.5) is 4.39 Å². The van der Waals surface area contributed by atoms with Crippen molar-refractivity contribution in [1.82, 2.24) is 4.98 Å². The number of aromatic carboxylic acids is 1. The fraction of sp³-hybridized carbons (Fsp3) is 0.0769. The van der Waals surface area contributed by atoms with Crippen molar-refractivity contribution < 1.29 is 19.0 Å². The minimum Gasteiger partial charge on any atom is -0.487 e. The summed E-state index contributed by atoms with van der Waals surface area (Å²) in [7, 11) is 0. The molecule has 1 aromatic heterocycles. The van der Waals surface area contributed by atoms with Gasteiger partial charge >= 0.3 is 5.97 Å². The number of hydrogen-bond donors (Lipinski definition) is 1. The second-order valence-corrected chi connectivity index (χ2v) is 4.16. The molecule has 0 radical (unpaired) electrons. The monoisotopic (exact) mass is 281 g/mol. The van der Waals surface area contributed by atoms with Crippen LogP contribution < -0.4 is 4.74 Å². The molecule has 0 spiro atoms. The van der Waals surface area contributed by atoms with Crippen molar-refractivity contribution in [3.8, 4) is 5.75 Å². The molecule has 1 heterocycles. The van der Waals surface area contributed by atoms with Crippen LogP contribution in [0.5, 0.6) is 5.75 Å². The summed E-state index contributed by atoms with van der Waals surface area (Å²) in [6.07, 6.45) is 2.63. The third kappa shape index (κ3) is 3.42. The van der Waals surface area contributed by atoms with Gasteiger partial charge in [-0.05, 0) is 23.8 Å². The third-order valence-electron chi connectivity index (χ3n) is 2.35. The van der Waals surface area contributed by atoms with Gasteiger partial charge in [0.05, 0.1) is 16.8 Å². The molecule has 0 saturated heterocycles. The highest BCUT2D eigenvalue weighted by Crippen LogP contribution is 2.18. The van der Waals surface area contributed by atoms with Crippen LogP contribution in [0.3, 0.4) is 0 Å². The molecule has 0 saturated carbocycles. The van der Waals surface area contributed by atoms with Crippen molar-refractivity contribution in [2.45, 2.75) is 6.61 Å². The molecule has 0 aliphatic heterocycles. The molecule has 0 aliphatic rings. The maximum absolute atomic E-state index is 13.0. The lowest BCUT2D eigenvalue weighted by Gasteiger charge is -2.07. The number of ether oxygens (including phenoxy) is 1. The summed E-state index contributed by atoms with van der Waals surface area (Å²) in [6, 6.07) is 5.59. The number of aromatic nitrogens is 1. The Morgan fingerprint density at radius 1 is 1.37 bits per heavy atom. The third-order valence-corrected chi connectivity index (χ3v) is 2.64. The number of carboxylic acid groups (broad SMARTS) is 1. The summed E-state index contributed by atoms with van der Waals surface area (Å²) >= 11 is 5.64. The molecule has 0 bridgehead atoms. The quantitative estimate of drug-likeness (QED) is 0.935. The lowest BCUT2D eigenvalue weighted by atomic mass is 10.2. The van der Waals surface area contributed by atoms with Crippen LogP contribution in [0, 0.1) is 5.82 Å². The second kappa shape index (κ2) is 5.67. The number of nitrogens with zero attached hydrogens (tertiary/aromatic N) is 1. The smallest absolute Gasteiger partial charge is 0.337 e. The second-order valence-electron chi connectivity index (χ2n) is 3.75. The standard InChI is InChI=1S/C13H9ClFNO3/c14-11-3-8(1-2-12(11)15)7-19-10-4-9(13(17)18)5-16-6-10/h1-6H,7H2,(H,17,18). The minimum atomic E-state index is -1.08. The van der Waals surface area contributed by atoms with Gasteiger partial charge in [-0.15, -0.1) is 0 Å². The number of carbonyl (C=O) groups is 1. The number of carboxylic acids is 1. The van der Waals surface area contributed by atoms with E-state index in [0.29, 0.717) is 11.3 Å². The van der Waals surface area contributed by atoms with Crippen molar-refractivity contribution >= 4 is 17.6 Å². The van der Waals surface area contributed by atoms with E-state index in [1.165, 1.54) is 36.7 Å². The molecule has 1 aromatic carbocycles. The summed E-state index contributed by atoms with van der Waals surface area (Å²) in [4.78, 5) is 14.5. The Kier molecular flexibility index (Phi) is 3.97. The average Bonchev–Trinajstić information content (AvgIpc) is 2.40. The molecule has 4 nitrogen and oxygen atoms in total. The van der Waals surface area contributed by atoms with Gasteiger partial charge in [0.1, 0.15) is 18.2 Å². The Hall–Kier alpha value is -2.14. The summed E-state index contributed by atoms with van der Waals surface area (Å²) in [5.41, 5.74) is 0.710. The number of benzene rings is 1. The number of halogens is 2. The van der Waals surface area contributed by atoms with Crippen molar-refractivity contribution in [1.29, 1.82) is 0 Å². The van der Waals surface area contributed by atoms with Gasteiger partial charge in [0.2, 0.25) is 0 Å². The molecule has 0 aliphatic carbocycles. The summed E-state index contributed by atoms with van der Waals surface area (Å²) in [6.45, 7) is 0.144. The Morgan fingerprint density at radius 2 is 2.16 bits per heavy atom. The Morgan fingerprint density at radius 3 is 2.84 bits per heavy atom. The molecule has 2 aromatic rings. The van der Waals surface area contributed by atoms with Gasteiger partial charge in [-0.1, -0.05) is 17.7 Å². The van der Waals surface area contributed by atoms with Gasteiger partial charge in [0.15, 0.2) is 0 Å².